The highest BCUT2D eigenvalue weighted by Crippen LogP contribution is 2.33. The Labute approximate surface area is 94.2 Å². The topological polar surface area (TPSA) is 58.6 Å². The van der Waals surface area contributed by atoms with Crippen LogP contribution in [0.5, 0.6) is 5.75 Å². The predicted molar refractivity (Wildman–Crippen MR) is 61.0 cm³/mol. The predicted octanol–water partition coefficient (Wildman–Crippen LogP) is 1.90. The Balaban J connectivity index is 2.35. The molecule has 2 N–H and O–H groups in total. The van der Waals surface area contributed by atoms with Crippen molar-refractivity contribution in [3.63, 3.8) is 0 Å². The van der Waals surface area contributed by atoms with Crippen LogP contribution >= 0.6 is 0 Å². The monoisotopic (exact) mass is 221 g/mol. The van der Waals surface area contributed by atoms with Crippen LogP contribution in [0.15, 0.2) is 18.2 Å². The lowest BCUT2D eigenvalue weighted by atomic mass is 9.88. The van der Waals surface area contributed by atoms with E-state index < -0.39 is 11.5 Å². The van der Waals surface area contributed by atoms with Gasteiger partial charge in [0.1, 0.15) is 11.3 Å². The maximum atomic E-state index is 11.1. The Bertz CT molecular complexity index is 430. The van der Waals surface area contributed by atoms with Gasteiger partial charge in [0.15, 0.2) is 0 Å². The van der Waals surface area contributed by atoms with Gasteiger partial charge in [0.05, 0.1) is 7.11 Å². The van der Waals surface area contributed by atoms with Gasteiger partial charge in [0.25, 0.3) is 0 Å². The summed E-state index contributed by atoms with van der Waals surface area (Å²) in [5, 5.41) is 12.2. The summed E-state index contributed by atoms with van der Waals surface area (Å²) in [6.07, 6.45) is 1.37. The van der Waals surface area contributed by atoms with Crippen molar-refractivity contribution in [2.45, 2.75) is 25.3 Å². The molecule has 0 spiro atoms. The van der Waals surface area contributed by atoms with Crippen molar-refractivity contribution in [1.29, 1.82) is 0 Å². The van der Waals surface area contributed by atoms with Crippen LogP contribution < -0.4 is 10.1 Å². The lowest BCUT2D eigenvalue weighted by Gasteiger charge is -2.33. The van der Waals surface area contributed by atoms with Crippen LogP contribution in [-0.2, 0) is 11.2 Å². The summed E-state index contributed by atoms with van der Waals surface area (Å²) >= 11 is 0. The minimum atomic E-state index is -0.876. The first-order valence-electron chi connectivity index (χ1n) is 5.24. The molecule has 4 heteroatoms. The molecule has 1 aliphatic heterocycles. The van der Waals surface area contributed by atoms with Crippen molar-refractivity contribution < 1.29 is 14.6 Å². The fourth-order valence-corrected chi connectivity index (χ4v) is 1.92. The molecule has 0 bridgehead atoms. The summed E-state index contributed by atoms with van der Waals surface area (Å²) in [6, 6.07) is 5.71. The van der Waals surface area contributed by atoms with E-state index in [1.807, 2.05) is 18.2 Å². The molecular weight excluding hydrogens is 206 g/mol. The van der Waals surface area contributed by atoms with Crippen molar-refractivity contribution in [3.8, 4) is 5.75 Å². The van der Waals surface area contributed by atoms with E-state index in [1.165, 1.54) is 0 Å². The van der Waals surface area contributed by atoms with Crippen molar-refractivity contribution in [3.05, 3.63) is 23.8 Å². The molecule has 1 aromatic carbocycles. The molecule has 0 aromatic heterocycles. The first-order chi connectivity index (χ1) is 7.55. The highest BCUT2D eigenvalue weighted by atomic mass is 16.5. The summed E-state index contributed by atoms with van der Waals surface area (Å²) < 4.78 is 5.12. The van der Waals surface area contributed by atoms with E-state index >= 15 is 0 Å². The number of hydrogen-bond acceptors (Lipinski definition) is 3. The third-order valence-electron chi connectivity index (χ3n) is 3.09. The normalized spacial score (nSPS) is 23.1. The highest BCUT2D eigenvalue weighted by molar-refractivity contribution is 5.83. The second kappa shape index (κ2) is 3.70. The molecule has 0 saturated heterocycles. The van der Waals surface area contributed by atoms with Gasteiger partial charge in [-0.05, 0) is 31.4 Å². The molecule has 1 unspecified atom stereocenters. The standard InChI is InChI=1S/C12H15NO3/c1-12(11(14)15)6-5-8-3-4-9(16-2)7-10(8)13-12/h3-4,7,13H,5-6H2,1-2H3,(H,14,15). The number of methoxy groups -OCH3 is 1. The third kappa shape index (κ3) is 1.71. The zero-order valence-electron chi connectivity index (χ0n) is 9.41. The van der Waals surface area contributed by atoms with E-state index in [4.69, 9.17) is 9.84 Å². The molecule has 4 nitrogen and oxygen atoms in total. The fraction of sp³-hybridized carbons (Fsp3) is 0.417. The largest absolute Gasteiger partial charge is 0.497 e. The fourth-order valence-electron chi connectivity index (χ4n) is 1.92. The van der Waals surface area contributed by atoms with Crippen LogP contribution in [0, 0.1) is 0 Å². The molecule has 0 amide bonds. The van der Waals surface area contributed by atoms with E-state index in [-0.39, 0.29) is 0 Å². The van der Waals surface area contributed by atoms with Gasteiger partial charge in [0, 0.05) is 11.8 Å². The summed E-state index contributed by atoms with van der Waals surface area (Å²) in [5.41, 5.74) is 1.12. The van der Waals surface area contributed by atoms with Gasteiger partial charge in [-0.1, -0.05) is 6.07 Å². The molecule has 1 aliphatic rings. The number of benzene rings is 1. The van der Waals surface area contributed by atoms with Gasteiger partial charge in [-0.3, -0.25) is 0 Å². The minimum absolute atomic E-state index is 0.599. The Morgan fingerprint density at radius 2 is 2.31 bits per heavy atom. The van der Waals surface area contributed by atoms with Crippen LogP contribution in [0.4, 0.5) is 5.69 Å². The maximum Gasteiger partial charge on any atom is 0.329 e. The molecular formula is C12H15NO3. The molecule has 0 aliphatic carbocycles. The number of hydrogen-bond donors (Lipinski definition) is 2. The molecule has 1 heterocycles. The number of ether oxygens (including phenoxy) is 1. The van der Waals surface area contributed by atoms with Gasteiger partial charge in [0.2, 0.25) is 0 Å². The maximum absolute atomic E-state index is 11.1. The lowest BCUT2D eigenvalue weighted by Crippen LogP contribution is -2.46. The van der Waals surface area contributed by atoms with E-state index in [2.05, 4.69) is 5.32 Å². The highest BCUT2D eigenvalue weighted by Gasteiger charge is 2.36. The lowest BCUT2D eigenvalue weighted by molar-refractivity contribution is -0.142. The second-order valence-electron chi connectivity index (χ2n) is 4.29. The van der Waals surface area contributed by atoms with Crippen molar-refractivity contribution in [2.75, 3.05) is 12.4 Å². The van der Waals surface area contributed by atoms with Crippen LogP contribution in [0.25, 0.3) is 0 Å². The smallest absolute Gasteiger partial charge is 0.329 e. The molecule has 0 radical (unpaired) electrons. The number of anilines is 1. The summed E-state index contributed by atoms with van der Waals surface area (Å²) in [5.74, 6) is -0.0816. The number of nitrogens with one attached hydrogen (secondary N) is 1. The van der Waals surface area contributed by atoms with E-state index in [1.54, 1.807) is 14.0 Å². The number of aliphatic carboxylic acids is 1. The van der Waals surface area contributed by atoms with E-state index in [0.29, 0.717) is 6.42 Å². The Hall–Kier alpha value is -1.71. The van der Waals surface area contributed by atoms with E-state index in [9.17, 15) is 4.79 Å². The second-order valence-corrected chi connectivity index (χ2v) is 4.29. The van der Waals surface area contributed by atoms with Crippen molar-refractivity contribution in [1.82, 2.24) is 0 Å². The zero-order valence-corrected chi connectivity index (χ0v) is 9.41. The SMILES string of the molecule is COc1ccc2c(c1)NC(C)(C(=O)O)CC2. The van der Waals surface area contributed by atoms with Gasteiger partial charge in [-0.25, -0.2) is 4.79 Å². The quantitative estimate of drug-likeness (QED) is 0.800. The van der Waals surface area contributed by atoms with Crippen LogP contribution in [0.1, 0.15) is 18.9 Å². The molecule has 16 heavy (non-hydrogen) atoms. The van der Waals surface area contributed by atoms with Crippen molar-refractivity contribution >= 4 is 11.7 Å². The number of aryl methyl sites for hydroxylation is 1. The third-order valence-corrected chi connectivity index (χ3v) is 3.09. The zero-order chi connectivity index (χ0) is 11.8. The minimum Gasteiger partial charge on any atom is -0.497 e. The number of fused-ring (bicyclic) bond motifs is 1. The Morgan fingerprint density at radius 3 is 2.94 bits per heavy atom. The summed E-state index contributed by atoms with van der Waals surface area (Å²) in [6.45, 7) is 1.71. The van der Waals surface area contributed by atoms with E-state index in [0.717, 1.165) is 23.4 Å². The average Bonchev–Trinajstić information content (AvgIpc) is 2.27. The van der Waals surface area contributed by atoms with Gasteiger partial charge in [-0.2, -0.15) is 0 Å². The Kier molecular flexibility index (Phi) is 2.50. The number of rotatable bonds is 2. The first-order valence-corrected chi connectivity index (χ1v) is 5.24. The van der Waals surface area contributed by atoms with Crippen LogP contribution in [0.2, 0.25) is 0 Å². The molecule has 1 aromatic rings. The number of carbonyl (C=O) groups is 1. The first kappa shape index (κ1) is 10.8. The molecule has 86 valence electrons. The summed E-state index contributed by atoms with van der Waals surface area (Å²) in [7, 11) is 1.60. The van der Waals surface area contributed by atoms with Gasteiger partial charge >= 0.3 is 5.97 Å². The summed E-state index contributed by atoms with van der Waals surface area (Å²) in [4.78, 5) is 11.1. The molecule has 1 atom stereocenters. The van der Waals surface area contributed by atoms with Crippen LogP contribution in [0.3, 0.4) is 0 Å². The molecule has 2 rings (SSSR count). The van der Waals surface area contributed by atoms with Gasteiger partial charge in [-0.15, -0.1) is 0 Å². The van der Waals surface area contributed by atoms with Crippen LogP contribution in [-0.4, -0.2) is 23.7 Å². The number of carboxylic acids is 1. The Morgan fingerprint density at radius 1 is 1.56 bits per heavy atom. The average molecular weight is 221 g/mol. The van der Waals surface area contributed by atoms with Gasteiger partial charge < -0.3 is 15.2 Å². The molecule has 0 saturated carbocycles. The number of carboxylic acid groups (broad SMARTS) is 1. The molecule has 0 fully saturated rings. The van der Waals surface area contributed by atoms with Crippen molar-refractivity contribution in [2.24, 2.45) is 0 Å².